The summed E-state index contributed by atoms with van der Waals surface area (Å²) in [5.41, 5.74) is 5.40. The van der Waals surface area contributed by atoms with Crippen molar-refractivity contribution < 1.29 is 0 Å². The van der Waals surface area contributed by atoms with Gasteiger partial charge in [-0.2, -0.15) is 0 Å². The number of hydrogen-bond donors (Lipinski definition) is 3. The molecular formula is C47H71Cl4N3. The van der Waals surface area contributed by atoms with Crippen LogP contribution in [0.25, 0.3) is 0 Å². The minimum Gasteiger partial charge on any atom is -0.316 e. The maximum absolute atomic E-state index is 6.01. The van der Waals surface area contributed by atoms with Crippen LogP contribution in [0.4, 0.5) is 0 Å². The van der Waals surface area contributed by atoms with Crippen LogP contribution in [0.1, 0.15) is 135 Å². The second-order valence-corrected chi connectivity index (χ2v) is 18.4. The van der Waals surface area contributed by atoms with Gasteiger partial charge >= 0.3 is 0 Å². The summed E-state index contributed by atoms with van der Waals surface area (Å²) in [6.45, 7) is 11.5. The Bertz CT molecular complexity index is 1400. The molecular weight excluding hydrogens is 748 g/mol. The van der Waals surface area contributed by atoms with Crippen molar-refractivity contribution in [2.75, 3.05) is 21.1 Å². The van der Waals surface area contributed by atoms with Crippen molar-refractivity contribution in [3.63, 3.8) is 0 Å². The van der Waals surface area contributed by atoms with Gasteiger partial charge in [0.05, 0.1) is 0 Å². The molecule has 3 saturated carbocycles. The molecule has 6 rings (SSSR count). The number of rotatable bonds is 15. The molecule has 0 bridgehead atoms. The molecule has 0 spiro atoms. The van der Waals surface area contributed by atoms with E-state index in [1.807, 2.05) is 36.4 Å². The van der Waals surface area contributed by atoms with E-state index >= 15 is 0 Å². The van der Waals surface area contributed by atoms with Crippen molar-refractivity contribution in [2.45, 2.75) is 152 Å². The van der Waals surface area contributed by atoms with E-state index in [1.165, 1.54) is 100 Å². The van der Waals surface area contributed by atoms with Crippen LogP contribution in [0.3, 0.4) is 0 Å². The molecule has 0 aliphatic heterocycles. The normalized spacial score (nSPS) is 19.3. The maximum Gasteiger partial charge on any atom is 0.0406 e. The zero-order chi connectivity index (χ0) is 38.6. The first kappa shape index (κ1) is 47.1. The highest BCUT2D eigenvalue weighted by Crippen LogP contribution is 2.50. The molecule has 3 fully saturated rings. The van der Waals surface area contributed by atoms with E-state index in [9.17, 15) is 0 Å². The number of benzene rings is 3. The van der Waals surface area contributed by atoms with Gasteiger partial charge < -0.3 is 16.0 Å². The highest BCUT2D eigenvalue weighted by atomic mass is 35.5. The number of halogens is 4. The summed E-state index contributed by atoms with van der Waals surface area (Å²) >= 11 is 18.0. The van der Waals surface area contributed by atoms with Gasteiger partial charge in [-0.15, -0.1) is 12.4 Å². The monoisotopic (exact) mass is 817 g/mol. The Balaban J connectivity index is 0.000000216. The van der Waals surface area contributed by atoms with Crippen LogP contribution in [-0.4, -0.2) is 39.3 Å². The van der Waals surface area contributed by atoms with E-state index in [1.54, 1.807) is 0 Å². The second kappa shape index (κ2) is 22.0. The Morgan fingerprint density at radius 2 is 0.741 bits per heavy atom. The topological polar surface area (TPSA) is 36.1 Å². The summed E-state index contributed by atoms with van der Waals surface area (Å²) in [5.74, 6) is 1.46. The Morgan fingerprint density at radius 1 is 0.481 bits per heavy atom. The van der Waals surface area contributed by atoms with E-state index in [-0.39, 0.29) is 12.4 Å². The molecule has 0 saturated heterocycles. The van der Waals surface area contributed by atoms with Gasteiger partial charge in [-0.3, -0.25) is 0 Å². The molecule has 0 amide bonds. The summed E-state index contributed by atoms with van der Waals surface area (Å²) in [6, 6.07) is 27.2. The third kappa shape index (κ3) is 11.2. The minimum atomic E-state index is 0. The van der Waals surface area contributed by atoms with E-state index in [2.05, 4.69) is 108 Å². The molecule has 1 unspecified atom stereocenters. The van der Waals surface area contributed by atoms with E-state index < -0.39 is 0 Å². The van der Waals surface area contributed by atoms with Crippen molar-refractivity contribution in [3.05, 3.63) is 105 Å². The van der Waals surface area contributed by atoms with Crippen molar-refractivity contribution >= 4 is 47.2 Å². The lowest BCUT2D eigenvalue weighted by Gasteiger charge is -2.49. The van der Waals surface area contributed by atoms with Crippen molar-refractivity contribution in [3.8, 4) is 0 Å². The van der Waals surface area contributed by atoms with Crippen molar-refractivity contribution in [2.24, 2.45) is 11.8 Å². The Morgan fingerprint density at radius 3 is 0.926 bits per heavy atom. The van der Waals surface area contributed by atoms with Crippen LogP contribution < -0.4 is 16.0 Å². The fraction of sp³-hybridized carbons (Fsp3) is 0.617. The lowest BCUT2D eigenvalue weighted by atomic mass is 9.59. The third-order valence-corrected chi connectivity index (χ3v) is 13.8. The molecule has 0 aromatic heterocycles. The van der Waals surface area contributed by atoms with Crippen LogP contribution >= 0.6 is 47.2 Å². The quantitative estimate of drug-likeness (QED) is 0.143. The van der Waals surface area contributed by atoms with Gasteiger partial charge in [0.15, 0.2) is 0 Å². The largest absolute Gasteiger partial charge is 0.316 e. The first-order valence-corrected chi connectivity index (χ1v) is 21.8. The molecule has 302 valence electrons. The van der Waals surface area contributed by atoms with E-state index in [0.29, 0.717) is 34.4 Å². The summed E-state index contributed by atoms with van der Waals surface area (Å²) in [4.78, 5) is 0. The van der Waals surface area contributed by atoms with Gasteiger partial charge in [0.2, 0.25) is 0 Å². The van der Waals surface area contributed by atoms with Gasteiger partial charge in [0.25, 0.3) is 0 Å². The average Bonchev–Trinajstić information content (AvgIpc) is 3.08. The average molecular weight is 820 g/mol. The van der Waals surface area contributed by atoms with Crippen molar-refractivity contribution in [1.82, 2.24) is 16.0 Å². The van der Waals surface area contributed by atoms with E-state index in [4.69, 9.17) is 34.8 Å². The van der Waals surface area contributed by atoms with Crippen LogP contribution in [0.15, 0.2) is 72.8 Å². The molecule has 3 aromatic carbocycles. The summed E-state index contributed by atoms with van der Waals surface area (Å²) in [5, 5.41) is 13.1. The Kier molecular flexibility index (Phi) is 19.2. The first-order valence-electron chi connectivity index (χ1n) is 20.7. The Hall–Kier alpha value is -1.30. The van der Waals surface area contributed by atoms with E-state index in [0.717, 1.165) is 26.9 Å². The summed E-state index contributed by atoms with van der Waals surface area (Å²) in [6.07, 6.45) is 16.8. The standard InChI is InChI=1S/2C16H24ClN.C15H22ClN.ClH/c2*1-12(2)11-15(18-3)16(9-4-10-16)13-5-7-14(17)8-6-13;1-3-5-14(17-2)15(10-4-11-15)12-6-8-13(16)9-7-12;/h2*5-8,12,15,18H,4,9-11H2,1-3H3;6-9,14,17H,3-5,10-11H2,1-2H3;1H/t2*15-;;/m11../s1. The van der Waals surface area contributed by atoms with Crippen molar-refractivity contribution in [1.29, 1.82) is 0 Å². The van der Waals surface area contributed by atoms with Crippen LogP contribution in [-0.2, 0) is 16.2 Å². The zero-order valence-electron chi connectivity index (χ0n) is 34.5. The fourth-order valence-electron chi connectivity index (χ4n) is 9.70. The molecule has 3 aromatic rings. The van der Waals surface area contributed by atoms with Gasteiger partial charge in [0.1, 0.15) is 0 Å². The molecule has 3 N–H and O–H groups in total. The SMILES string of the molecule is CCCC(NC)C1(c2ccc(Cl)cc2)CCC1.CN[C@H](CC(C)C)C1(c2ccc(Cl)cc2)CCC1.CN[C@H](CC(C)C)C1(c2ccc(Cl)cc2)CCC1.Cl. The third-order valence-electron chi connectivity index (χ3n) is 13.0. The molecule has 3 aliphatic rings. The maximum atomic E-state index is 6.01. The predicted octanol–water partition coefficient (Wildman–Crippen LogP) is 13.4. The fourth-order valence-corrected chi connectivity index (χ4v) is 10.1. The van der Waals surface area contributed by atoms with Gasteiger partial charge in [-0.25, -0.2) is 0 Å². The molecule has 3 nitrogen and oxygen atoms in total. The highest BCUT2D eigenvalue weighted by molar-refractivity contribution is 6.31. The van der Waals surface area contributed by atoms with Gasteiger partial charge in [-0.1, -0.05) is 132 Å². The lowest BCUT2D eigenvalue weighted by Crippen LogP contribution is -2.52. The summed E-state index contributed by atoms with van der Waals surface area (Å²) in [7, 11) is 6.29. The zero-order valence-corrected chi connectivity index (χ0v) is 37.6. The lowest BCUT2D eigenvalue weighted by molar-refractivity contribution is 0.157. The minimum absolute atomic E-state index is 0. The summed E-state index contributed by atoms with van der Waals surface area (Å²) < 4.78 is 0. The first-order chi connectivity index (χ1) is 25.4. The van der Waals surface area contributed by atoms with Crippen LogP contribution in [0, 0.1) is 11.8 Å². The molecule has 3 aliphatic carbocycles. The predicted molar refractivity (Wildman–Crippen MR) is 241 cm³/mol. The molecule has 3 atom stereocenters. The molecule has 7 heteroatoms. The number of nitrogens with one attached hydrogen (secondary N) is 3. The number of likely N-dealkylation sites (N-methyl/N-ethyl adjacent to an activating group) is 3. The Labute approximate surface area is 351 Å². The smallest absolute Gasteiger partial charge is 0.0406 e. The molecule has 54 heavy (non-hydrogen) atoms. The van der Waals surface area contributed by atoms with Gasteiger partial charge in [-0.05, 0) is 144 Å². The highest BCUT2D eigenvalue weighted by Gasteiger charge is 2.46. The van der Waals surface area contributed by atoms with Crippen LogP contribution in [0.2, 0.25) is 15.1 Å². The molecule has 0 radical (unpaired) electrons. The molecule has 0 heterocycles. The second-order valence-electron chi connectivity index (χ2n) is 17.1. The van der Waals surface area contributed by atoms with Gasteiger partial charge in [0, 0.05) is 49.4 Å². The number of hydrogen-bond acceptors (Lipinski definition) is 3. The van der Waals surface area contributed by atoms with Crippen LogP contribution in [0.5, 0.6) is 0 Å².